The maximum absolute atomic E-state index is 13.0. The van der Waals surface area contributed by atoms with Gasteiger partial charge in [-0.25, -0.2) is 18.0 Å². The summed E-state index contributed by atoms with van der Waals surface area (Å²) in [6, 6.07) is 14.2. The number of anilines is 1. The fourth-order valence-electron chi connectivity index (χ4n) is 2.44. The molecular weight excluding hydrogens is 370 g/mol. The molecule has 0 bridgehead atoms. The summed E-state index contributed by atoms with van der Waals surface area (Å²) in [5.41, 5.74) is 0.545. The Balaban J connectivity index is 2.32. The second-order valence-corrected chi connectivity index (χ2v) is 7.47. The first-order chi connectivity index (χ1) is 12.8. The molecule has 1 atom stereocenters. The maximum Gasteiger partial charge on any atom is 0.346 e. The van der Waals surface area contributed by atoms with E-state index in [9.17, 15) is 18.0 Å². The van der Waals surface area contributed by atoms with Crippen molar-refractivity contribution in [3.8, 4) is 0 Å². The van der Waals surface area contributed by atoms with Crippen molar-refractivity contribution < 1.29 is 27.5 Å². The van der Waals surface area contributed by atoms with Gasteiger partial charge in [-0.2, -0.15) is 0 Å². The van der Waals surface area contributed by atoms with Gasteiger partial charge in [0, 0.05) is 6.54 Å². The number of esters is 2. The van der Waals surface area contributed by atoms with Crippen LogP contribution in [0.3, 0.4) is 0 Å². The number of sulfonamides is 1. The number of carbonyl (C=O) groups is 2. The van der Waals surface area contributed by atoms with E-state index in [2.05, 4.69) is 4.74 Å². The number of carbonyl (C=O) groups excluding carboxylic acids is 2. The minimum absolute atomic E-state index is 0.0240. The van der Waals surface area contributed by atoms with E-state index in [1.807, 2.05) is 0 Å². The van der Waals surface area contributed by atoms with Crippen LogP contribution in [0.4, 0.5) is 5.69 Å². The Morgan fingerprint density at radius 1 is 1.07 bits per heavy atom. The Kier molecular flexibility index (Phi) is 6.57. The third-order valence-electron chi connectivity index (χ3n) is 3.81. The molecule has 0 saturated carbocycles. The predicted octanol–water partition coefficient (Wildman–Crippen LogP) is 2.62. The van der Waals surface area contributed by atoms with Crippen LogP contribution in [0.2, 0.25) is 0 Å². The molecule has 8 heteroatoms. The van der Waals surface area contributed by atoms with E-state index in [-0.39, 0.29) is 17.0 Å². The highest BCUT2D eigenvalue weighted by molar-refractivity contribution is 7.92. The van der Waals surface area contributed by atoms with Crippen molar-refractivity contribution in [2.45, 2.75) is 24.8 Å². The van der Waals surface area contributed by atoms with Gasteiger partial charge in [0.05, 0.1) is 23.3 Å². The van der Waals surface area contributed by atoms with E-state index in [0.717, 1.165) is 0 Å². The third-order valence-corrected chi connectivity index (χ3v) is 5.70. The van der Waals surface area contributed by atoms with Crippen molar-refractivity contribution in [1.29, 1.82) is 0 Å². The van der Waals surface area contributed by atoms with Crippen molar-refractivity contribution in [2.75, 3.05) is 18.0 Å². The molecule has 0 heterocycles. The first-order valence-corrected chi connectivity index (χ1v) is 9.72. The Morgan fingerprint density at radius 3 is 2.33 bits per heavy atom. The van der Waals surface area contributed by atoms with Crippen molar-refractivity contribution >= 4 is 27.6 Å². The molecule has 2 aromatic carbocycles. The van der Waals surface area contributed by atoms with Crippen LogP contribution < -0.4 is 4.31 Å². The van der Waals surface area contributed by atoms with E-state index < -0.39 is 28.1 Å². The molecule has 0 N–H and O–H groups in total. The van der Waals surface area contributed by atoms with Gasteiger partial charge in [0.15, 0.2) is 6.10 Å². The zero-order chi connectivity index (χ0) is 20.0. The smallest absolute Gasteiger partial charge is 0.346 e. The average Bonchev–Trinajstić information content (AvgIpc) is 2.68. The van der Waals surface area contributed by atoms with Gasteiger partial charge in [0.2, 0.25) is 0 Å². The van der Waals surface area contributed by atoms with Gasteiger partial charge in [-0.05, 0) is 44.2 Å². The molecule has 0 saturated heterocycles. The summed E-state index contributed by atoms with van der Waals surface area (Å²) in [6.45, 7) is 3.32. The van der Waals surface area contributed by atoms with Crippen LogP contribution in [0.25, 0.3) is 0 Å². The molecule has 0 amide bonds. The molecule has 0 aliphatic heterocycles. The zero-order valence-electron chi connectivity index (χ0n) is 15.3. The molecular formula is C19H21NO6S. The zero-order valence-corrected chi connectivity index (χ0v) is 16.1. The molecule has 2 aromatic rings. The van der Waals surface area contributed by atoms with Crippen LogP contribution in [0.1, 0.15) is 24.2 Å². The molecule has 0 aliphatic carbocycles. The van der Waals surface area contributed by atoms with Crippen LogP contribution in [0.15, 0.2) is 59.5 Å². The number of para-hydroxylation sites is 1. The molecule has 2 rings (SSSR count). The van der Waals surface area contributed by atoms with Gasteiger partial charge in [-0.3, -0.25) is 4.31 Å². The van der Waals surface area contributed by atoms with Crippen molar-refractivity contribution in [1.82, 2.24) is 0 Å². The van der Waals surface area contributed by atoms with Crippen LogP contribution in [0.5, 0.6) is 0 Å². The highest BCUT2D eigenvalue weighted by Gasteiger charge is 2.25. The van der Waals surface area contributed by atoms with Gasteiger partial charge in [-0.15, -0.1) is 0 Å². The van der Waals surface area contributed by atoms with E-state index in [0.29, 0.717) is 5.69 Å². The van der Waals surface area contributed by atoms with E-state index in [4.69, 9.17) is 4.74 Å². The lowest BCUT2D eigenvalue weighted by atomic mass is 10.2. The van der Waals surface area contributed by atoms with Crippen LogP contribution in [-0.2, 0) is 24.3 Å². The largest absolute Gasteiger partial charge is 0.466 e. The van der Waals surface area contributed by atoms with Gasteiger partial charge < -0.3 is 9.47 Å². The third kappa shape index (κ3) is 4.65. The molecule has 0 aromatic heterocycles. The highest BCUT2D eigenvalue weighted by atomic mass is 32.2. The lowest BCUT2D eigenvalue weighted by Gasteiger charge is -2.23. The Labute approximate surface area is 158 Å². The average molecular weight is 391 g/mol. The van der Waals surface area contributed by atoms with E-state index in [1.165, 1.54) is 42.6 Å². The molecule has 0 aliphatic rings. The van der Waals surface area contributed by atoms with Gasteiger partial charge >= 0.3 is 11.9 Å². The van der Waals surface area contributed by atoms with Crippen molar-refractivity contribution in [2.24, 2.45) is 0 Å². The highest BCUT2D eigenvalue weighted by Crippen LogP contribution is 2.24. The lowest BCUT2D eigenvalue weighted by molar-refractivity contribution is -0.149. The summed E-state index contributed by atoms with van der Waals surface area (Å²) in [5, 5.41) is 0. The monoisotopic (exact) mass is 391 g/mol. The number of rotatable bonds is 7. The minimum atomic E-state index is -3.88. The summed E-state index contributed by atoms with van der Waals surface area (Å²) in [7, 11) is -2.69. The SMILES string of the molecule is CCN(c1ccccc1)S(=O)(=O)c1cccc(C(=O)OC(C)C(=O)OC)c1. The lowest BCUT2D eigenvalue weighted by Crippen LogP contribution is -2.31. The number of benzene rings is 2. The Morgan fingerprint density at radius 2 is 1.74 bits per heavy atom. The van der Waals surface area contributed by atoms with Crippen molar-refractivity contribution in [3.05, 3.63) is 60.2 Å². The summed E-state index contributed by atoms with van der Waals surface area (Å²) in [6.07, 6.45) is -1.10. The maximum atomic E-state index is 13.0. The van der Waals surface area contributed by atoms with Crippen molar-refractivity contribution in [3.63, 3.8) is 0 Å². The van der Waals surface area contributed by atoms with Gasteiger partial charge in [0.1, 0.15) is 0 Å². The second kappa shape index (κ2) is 8.68. The van der Waals surface area contributed by atoms with Gasteiger partial charge in [-0.1, -0.05) is 24.3 Å². The molecule has 0 fully saturated rings. The number of hydrogen-bond acceptors (Lipinski definition) is 6. The number of hydrogen-bond donors (Lipinski definition) is 0. The number of ether oxygens (including phenoxy) is 2. The molecule has 0 radical (unpaired) electrons. The van der Waals surface area contributed by atoms with Gasteiger partial charge in [0.25, 0.3) is 10.0 Å². The normalized spacial score (nSPS) is 12.1. The minimum Gasteiger partial charge on any atom is -0.466 e. The van der Waals surface area contributed by atoms with Crippen LogP contribution in [-0.4, -0.2) is 40.1 Å². The summed E-state index contributed by atoms with van der Waals surface area (Å²) >= 11 is 0. The second-order valence-electron chi connectivity index (χ2n) is 5.60. The first kappa shape index (κ1) is 20.4. The Hall–Kier alpha value is -2.87. The fraction of sp³-hybridized carbons (Fsp3) is 0.263. The van der Waals surface area contributed by atoms with E-state index in [1.54, 1.807) is 37.3 Å². The quantitative estimate of drug-likeness (QED) is 0.674. The molecule has 0 spiro atoms. The number of methoxy groups -OCH3 is 1. The van der Waals surface area contributed by atoms with E-state index >= 15 is 0 Å². The molecule has 7 nitrogen and oxygen atoms in total. The standard InChI is InChI=1S/C19H21NO6S/c1-4-20(16-10-6-5-7-11-16)27(23,24)17-12-8-9-15(13-17)19(22)26-14(2)18(21)25-3/h5-14H,4H2,1-3H3. The first-order valence-electron chi connectivity index (χ1n) is 8.28. The molecule has 1 unspecified atom stereocenters. The topological polar surface area (TPSA) is 90.0 Å². The molecule has 144 valence electrons. The Bertz CT molecular complexity index is 911. The number of nitrogens with zero attached hydrogens (tertiary/aromatic N) is 1. The predicted molar refractivity (Wildman–Crippen MR) is 100.0 cm³/mol. The molecule has 27 heavy (non-hydrogen) atoms. The summed E-state index contributed by atoms with van der Waals surface area (Å²) in [4.78, 5) is 23.6. The fourth-order valence-corrected chi connectivity index (χ4v) is 3.96. The van der Waals surface area contributed by atoms with Crippen LogP contribution in [0, 0.1) is 0 Å². The van der Waals surface area contributed by atoms with Crippen LogP contribution >= 0.6 is 0 Å². The summed E-state index contributed by atoms with van der Waals surface area (Å²) in [5.74, 6) is -1.51. The summed E-state index contributed by atoms with van der Waals surface area (Å²) < 4.78 is 36.8.